The van der Waals surface area contributed by atoms with Gasteiger partial charge in [0, 0.05) is 12.0 Å². The maximum absolute atomic E-state index is 13.1. The molecule has 0 aromatic heterocycles. The molecule has 2 N–H and O–H groups in total. The second-order valence-corrected chi connectivity index (χ2v) is 4.91. The molecule has 0 aliphatic rings. The van der Waals surface area contributed by atoms with Crippen LogP contribution >= 0.6 is 0 Å². The van der Waals surface area contributed by atoms with Crippen molar-refractivity contribution in [2.45, 2.75) is 4.90 Å². The highest BCUT2D eigenvalue weighted by atomic mass is 32.2. The molecule has 4 nitrogen and oxygen atoms in total. The van der Waals surface area contributed by atoms with E-state index >= 15 is 0 Å². The van der Waals surface area contributed by atoms with E-state index in [0.29, 0.717) is 30.5 Å². The fraction of sp³-hybridized carbons (Fsp3) is 0.455. The van der Waals surface area contributed by atoms with Gasteiger partial charge in [0.25, 0.3) is 0 Å². The van der Waals surface area contributed by atoms with Crippen LogP contribution in [0, 0.1) is 5.82 Å². The van der Waals surface area contributed by atoms with E-state index in [2.05, 4.69) is 0 Å². The van der Waals surface area contributed by atoms with Gasteiger partial charge >= 0.3 is 0 Å². The van der Waals surface area contributed by atoms with E-state index < -0.39 is 16.6 Å². The predicted octanol–water partition coefficient (Wildman–Crippen LogP) is 1.18. The Morgan fingerprint density at radius 2 is 2.12 bits per heavy atom. The van der Waals surface area contributed by atoms with Crippen LogP contribution in [0.1, 0.15) is 0 Å². The van der Waals surface area contributed by atoms with Crippen LogP contribution in [0.5, 0.6) is 0 Å². The molecule has 1 aromatic carbocycles. The second-order valence-electron chi connectivity index (χ2n) is 3.34. The molecule has 1 atom stereocenters. The molecule has 1 unspecified atom stereocenters. The summed E-state index contributed by atoms with van der Waals surface area (Å²) in [6.45, 7) is 1.31. The van der Waals surface area contributed by atoms with Gasteiger partial charge in [-0.05, 0) is 18.2 Å². The van der Waals surface area contributed by atoms with Crippen molar-refractivity contribution in [1.29, 1.82) is 0 Å². The number of ether oxygens (including phenoxy) is 2. The molecule has 1 aromatic rings. The second kappa shape index (κ2) is 7.37. The first-order valence-corrected chi connectivity index (χ1v) is 6.47. The molecule has 96 valence electrons. The molecule has 0 radical (unpaired) electrons. The van der Waals surface area contributed by atoms with Gasteiger partial charge in [-0.2, -0.15) is 0 Å². The molecule has 17 heavy (non-hydrogen) atoms. The summed E-state index contributed by atoms with van der Waals surface area (Å²) in [6.07, 6.45) is 0. The first-order chi connectivity index (χ1) is 8.15. The van der Waals surface area contributed by atoms with Crippen molar-refractivity contribution in [2.24, 2.45) is 0 Å². The third-order valence-corrected chi connectivity index (χ3v) is 3.40. The highest BCUT2D eigenvalue weighted by molar-refractivity contribution is 7.85. The summed E-state index contributed by atoms with van der Waals surface area (Å²) in [5.41, 5.74) is 5.39. The Labute approximate surface area is 102 Å². The van der Waals surface area contributed by atoms with Gasteiger partial charge in [-0.1, -0.05) is 0 Å². The first kappa shape index (κ1) is 14.1. The lowest BCUT2D eigenvalue weighted by atomic mass is 10.3. The molecule has 1 rings (SSSR count). The summed E-state index contributed by atoms with van der Waals surface area (Å²) >= 11 is 0. The van der Waals surface area contributed by atoms with Crippen LogP contribution < -0.4 is 5.73 Å². The molecule has 0 saturated carbocycles. The van der Waals surface area contributed by atoms with Crippen molar-refractivity contribution in [2.75, 3.05) is 38.4 Å². The summed E-state index contributed by atoms with van der Waals surface area (Å²) in [5.74, 6) is -0.219. The number of methoxy groups -OCH3 is 1. The lowest BCUT2D eigenvalue weighted by Gasteiger charge is -2.05. The number of nitrogen functional groups attached to an aromatic ring is 1. The molecule has 0 saturated heterocycles. The molecular weight excluding hydrogens is 245 g/mol. The van der Waals surface area contributed by atoms with E-state index in [-0.39, 0.29) is 5.69 Å². The Bertz CT molecular complexity index is 387. The quantitative estimate of drug-likeness (QED) is 0.591. The van der Waals surface area contributed by atoms with Crippen molar-refractivity contribution in [3.8, 4) is 0 Å². The van der Waals surface area contributed by atoms with E-state index in [1.165, 1.54) is 12.1 Å². The van der Waals surface area contributed by atoms with E-state index in [1.54, 1.807) is 13.2 Å². The van der Waals surface area contributed by atoms with Crippen LogP contribution in [-0.2, 0) is 20.3 Å². The number of nitrogens with two attached hydrogens (primary N) is 1. The fourth-order valence-corrected chi connectivity index (χ4v) is 2.11. The van der Waals surface area contributed by atoms with Gasteiger partial charge in [-0.25, -0.2) is 4.39 Å². The molecule has 0 aliphatic heterocycles. The van der Waals surface area contributed by atoms with Gasteiger partial charge < -0.3 is 15.2 Å². The van der Waals surface area contributed by atoms with Gasteiger partial charge in [0.05, 0.1) is 42.1 Å². The zero-order valence-electron chi connectivity index (χ0n) is 9.65. The van der Waals surface area contributed by atoms with Crippen LogP contribution in [0.15, 0.2) is 23.1 Å². The number of halogens is 1. The summed E-state index contributed by atoms with van der Waals surface area (Å²) in [7, 11) is 0.313. The number of rotatable bonds is 7. The molecule has 0 aliphatic carbocycles. The molecule has 0 fully saturated rings. The Morgan fingerprint density at radius 3 is 2.76 bits per heavy atom. The van der Waals surface area contributed by atoms with Crippen molar-refractivity contribution >= 4 is 16.5 Å². The summed E-state index contributed by atoms with van der Waals surface area (Å²) in [6, 6.07) is 4.17. The Kier molecular flexibility index (Phi) is 6.10. The van der Waals surface area contributed by atoms with Crippen LogP contribution in [0.2, 0.25) is 0 Å². The van der Waals surface area contributed by atoms with Crippen LogP contribution in [0.25, 0.3) is 0 Å². The zero-order chi connectivity index (χ0) is 12.7. The first-order valence-electron chi connectivity index (χ1n) is 5.15. The minimum Gasteiger partial charge on any atom is -0.396 e. The van der Waals surface area contributed by atoms with E-state index in [1.807, 2.05) is 0 Å². The molecular formula is C11H16FNO3S. The lowest BCUT2D eigenvalue weighted by molar-refractivity contribution is 0.0787. The van der Waals surface area contributed by atoms with Crippen molar-refractivity contribution in [1.82, 2.24) is 0 Å². The van der Waals surface area contributed by atoms with Crippen molar-refractivity contribution in [3.05, 3.63) is 24.0 Å². The topological polar surface area (TPSA) is 61.5 Å². The lowest BCUT2D eigenvalue weighted by Crippen LogP contribution is -2.10. The largest absolute Gasteiger partial charge is 0.396 e. The zero-order valence-corrected chi connectivity index (χ0v) is 10.5. The Morgan fingerprint density at radius 1 is 1.35 bits per heavy atom. The number of anilines is 1. The monoisotopic (exact) mass is 261 g/mol. The number of hydrogen-bond donors (Lipinski definition) is 1. The highest BCUT2D eigenvalue weighted by Gasteiger charge is 2.06. The van der Waals surface area contributed by atoms with Gasteiger partial charge in [0.1, 0.15) is 5.82 Å². The smallest absolute Gasteiger partial charge is 0.147 e. The third kappa shape index (κ3) is 4.80. The van der Waals surface area contributed by atoms with E-state index in [4.69, 9.17) is 15.2 Å². The van der Waals surface area contributed by atoms with Gasteiger partial charge in [0.2, 0.25) is 0 Å². The van der Waals surface area contributed by atoms with Crippen molar-refractivity contribution in [3.63, 3.8) is 0 Å². The normalized spacial score (nSPS) is 12.6. The van der Waals surface area contributed by atoms with E-state index in [9.17, 15) is 8.60 Å². The SMILES string of the molecule is COCCOCCS(=O)c1ccc(N)c(F)c1. The molecule has 0 bridgehead atoms. The Balaban J connectivity index is 2.39. The van der Waals surface area contributed by atoms with Crippen LogP contribution in [0.3, 0.4) is 0 Å². The summed E-state index contributed by atoms with van der Waals surface area (Å²) in [4.78, 5) is 0.423. The molecule has 0 amide bonds. The van der Waals surface area contributed by atoms with Gasteiger partial charge in [-0.3, -0.25) is 4.21 Å². The molecule has 6 heteroatoms. The van der Waals surface area contributed by atoms with Gasteiger partial charge in [0.15, 0.2) is 0 Å². The minimum atomic E-state index is -1.27. The highest BCUT2D eigenvalue weighted by Crippen LogP contribution is 2.14. The summed E-state index contributed by atoms with van der Waals surface area (Å²) < 4.78 is 34.8. The maximum atomic E-state index is 13.1. The standard InChI is InChI=1S/C11H16FNO3S/c1-15-4-5-16-6-7-17(14)9-2-3-11(13)10(12)8-9/h2-3,8H,4-7,13H2,1H3. The maximum Gasteiger partial charge on any atom is 0.147 e. The Hall–Kier alpha value is -0.980. The van der Waals surface area contributed by atoms with E-state index in [0.717, 1.165) is 0 Å². The number of benzene rings is 1. The number of hydrogen-bond acceptors (Lipinski definition) is 4. The van der Waals surface area contributed by atoms with Crippen molar-refractivity contribution < 1.29 is 18.1 Å². The fourth-order valence-electron chi connectivity index (χ4n) is 1.15. The molecule has 0 heterocycles. The molecule has 0 spiro atoms. The third-order valence-electron chi connectivity index (χ3n) is 2.08. The van der Waals surface area contributed by atoms with Gasteiger partial charge in [-0.15, -0.1) is 0 Å². The average molecular weight is 261 g/mol. The minimum absolute atomic E-state index is 0.0575. The summed E-state index contributed by atoms with van der Waals surface area (Å²) in [5, 5.41) is 0. The van der Waals surface area contributed by atoms with Crippen LogP contribution in [0.4, 0.5) is 10.1 Å². The van der Waals surface area contributed by atoms with Crippen LogP contribution in [-0.4, -0.2) is 36.9 Å². The predicted molar refractivity (Wildman–Crippen MR) is 64.8 cm³/mol. The average Bonchev–Trinajstić information content (AvgIpc) is 2.32.